The highest BCUT2D eigenvalue weighted by Crippen LogP contribution is 2.27. The third-order valence-electron chi connectivity index (χ3n) is 5.18. The molecule has 0 amide bonds. The number of nitrogens with one attached hydrogen (secondary N) is 3. The van der Waals surface area contributed by atoms with Gasteiger partial charge >= 0.3 is 5.76 Å². The van der Waals surface area contributed by atoms with Crippen LogP contribution in [0.1, 0.15) is 37.9 Å². The highest BCUT2D eigenvalue weighted by molar-refractivity contribution is 5.73. The lowest BCUT2D eigenvalue weighted by atomic mass is 10.1. The molecule has 0 aliphatic carbocycles. The second-order valence-corrected chi connectivity index (χ2v) is 8.17. The Kier molecular flexibility index (Phi) is 6.32. The van der Waals surface area contributed by atoms with Crippen LogP contribution in [0, 0.1) is 6.92 Å². The van der Waals surface area contributed by atoms with Gasteiger partial charge in [0.2, 0.25) is 5.95 Å². The van der Waals surface area contributed by atoms with Gasteiger partial charge in [-0.2, -0.15) is 9.66 Å². The number of anilines is 3. The van der Waals surface area contributed by atoms with Crippen LogP contribution in [0.25, 0.3) is 11.1 Å². The quantitative estimate of drug-likeness (QED) is 0.365. The van der Waals surface area contributed by atoms with Gasteiger partial charge in [-0.15, -0.1) is 0 Å². The van der Waals surface area contributed by atoms with Gasteiger partial charge in [-0.3, -0.25) is 5.43 Å². The van der Waals surface area contributed by atoms with Crippen LogP contribution in [0.2, 0.25) is 0 Å². The number of hydrogen-bond acceptors (Lipinski definition) is 8. The average molecular weight is 449 g/mol. The number of ether oxygens (including phenoxy) is 1. The lowest BCUT2D eigenvalue weighted by molar-refractivity contribution is 0.413. The minimum atomic E-state index is -0.521. The van der Waals surface area contributed by atoms with Crippen molar-refractivity contribution < 1.29 is 9.15 Å². The summed E-state index contributed by atoms with van der Waals surface area (Å²) in [6, 6.07) is 13.6. The smallest absolute Gasteiger partial charge is 0.439 e. The molecule has 9 heteroatoms. The molecule has 0 saturated heterocycles. The van der Waals surface area contributed by atoms with E-state index in [9.17, 15) is 4.79 Å². The van der Waals surface area contributed by atoms with Crippen LogP contribution in [0.3, 0.4) is 0 Å². The monoisotopic (exact) mass is 448 g/mol. The van der Waals surface area contributed by atoms with E-state index >= 15 is 0 Å². The summed E-state index contributed by atoms with van der Waals surface area (Å²) in [6.45, 7) is 8.19. The predicted octanol–water partition coefficient (Wildman–Crippen LogP) is 4.38. The molecule has 2 heterocycles. The minimum absolute atomic E-state index is 0.137. The van der Waals surface area contributed by atoms with Crippen molar-refractivity contribution >= 4 is 28.6 Å². The van der Waals surface area contributed by atoms with E-state index < -0.39 is 5.76 Å². The highest BCUT2D eigenvalue weighted by Gasteiger charge is 2.13. The molecule has 0 spiro atoms. The summed E-state index contributed by atoms with van der Waals surface area (Å²) >= 11 is 0. The number of para-hydroxylation sites is 2. The van der Waals surface area contributed by atoms with Crippen molar-refractivity contribution in [1.29, 1.82) is 0 Å². The summed E-state index contributed by atoms with van der Waals surface area (Å²) in [6.07, 6.45) is 1.69. The fraction of sp³-hybridized carbons (Fsp3) is 0.292. The molecule has 2 aromatic carbocycles. The van der Waals surface area contributed by atoms with Gasteiger partial charge in [0.25, 0.3) is 0 Å². The molecule has 0 aliphatic heterocycles. The van der Waals surface area contributed by atoms with Crippen LogP contribution in [-0.2, 0) is 0 Å². The topological polar surface area (TPSA) is 106 Å². The van der Waals surface area contributed by atoms with Gasteiger partial charge in [0.05, 0.1) is 7.11 Å². The third kappa shape index (κ3) is 4.98. The number of benzene rings is 2. The van der Waals surface area contributed by atoms with Gasteiger partial charge in [-0.1, -0.05) is 26.0 Å². The van der Waals surface area contributed by atoms with Gasteiger partial charge in [0, 0.05) is 35.6 Å². The fourth-order valence-corrected chi connectivity index (χ4v) is 3.58. The zero-order chi connectivity index (χ0) is 23.5. The summed E-state index contributed by atoms with van der Waals surface area (Å²) in [4.78, 5) is 21.3. The maximum atomic E-state index is 12.3. The number of aromatic nitrogens is 3. The number of methoxy groups -OCH3 is 1. The van der Waals surface area contributed by atoms with Crippen molar-refractivity contribution in [3.8, 4) is 5.75 Å². The van der Waals surface area contributed by atoms with E-state index in [-0.39, 0.29) is 6.04 Å². The molecule has 0 fully saturated rings. The number of fused-ring (bicyclic) bond motifs is 1. The Morgan fingerprint density at radius 3 is 2.67 bits per heavy atom. The number of rotatable bonds is 8. The van der Waals surface area contributed by atoms with Crippen LogP contribution in [0.4, 0.5) is 17.5 Å². The Labute approximate surface area is 191 Å². The number of nitrogens with zero attached hydrogens (tertiary/aromatic N) is 3. The Balaban J connectivity index is 1.63. The van der Waals surface area contributed by atoms with Crippen molar-refractivity contribution in [2.24, 2.45) is 0 Å². The van der Waals surface area contributed by atoms with Crippen molar-refractivity contribution in [2.45, 2.75) is 39.8 Å². The molecule has 0 aliphatic rings. The highest BCUT2D eigenvalue weighted by atomic mass is 16.5. The lowest BCUT2D eigenvalue weighted by Crippen LogP contribution is -2.26. The zero-order valence-corrected chi connectivity index (χ0v) is 19.3. The van der Waals surface area contributed by atoms with Gasteiger partial charge < -0.3 is 19.8 Å². The molecule has 4 rings (SSSR count). The van der Waals surface area contributed by atoms with E-state index in [0.717, 1.165) is 22.6 Å². The SMILES string of the molecule is COc1cc(Nc2ncc(C)c(Nn3c(=O)oc4ccccc43)n2)cc(C(C)NC(C)C)c1. The molecular weight excluding hydrogens is 420 g/mol. The number of oxazole rings is 1. The van der Waals surface area contributed by atoms with Gasteiger partial charge in [-0.25, -0.2) is 9.78 Å². The summed E-state index contributed by atoms with van der Waals surface area (Å²) in [5.41, 5.74) is 6.81. The largest absolute Gasteiger partial charge is 0.497 e. The van der Waals surface area contributed by atoms with Crippen LogP contribution < -0.4 is 26.6 Å². The molecule has 1 atom stereocenters. The first-order valence-electron chi connectivity index (χ1n) is 10.8. The Morgan fingerprint density at radius 2 is 1.91 bits per heavy atom. The average Bonchev–Trinajstić information content (AvgIpc) is 3.10. The fourth-order valence-electron chi connectivity index (χ4n) is 3.58. The Bertz CT molecular complexity index is 1330. The molecular formula is C24H28N6O3. The maximum absolute atomic E-state index is 12.3. The first-order valence-corrected chi connectivity index (χ1v) is 10.8. The van der Waals surface area contributed by atoms with Crippen LogP contribution in [0.5, 0.6) is 5.75 Å². The molecule has 9 nitrogen and oxygen atoms in total. The summed E-state index contributed by atoms with van der Waals surface area (Å²) < 4.78 is 12.1. The molecule has 0 radical (unpaired) electrons. The molecule has 0 bridgehead atoms. The van der Waals surface area contributed by atoms with E-state index in [1.807, 2.05) is 37.3 Å². The molecule has 2 aromatic heterocycles. The molecule has 172 valence electrons. The molecule has 3 N–H and O–H groups in total. The zero-order valence-electron chi connectivity index (χ0n) is 19.3. The first-order chi connectivity index (χ1) is 15.8. The van der Waals surface area contributed by atoms with Gasteiger partial charge in [0.15, 0.2) is 11.4 Å². The Morgan fingerprint density at radius 1 is 1.12 bits per heavy atom. The second kappa shape index (κ2) is 9.33. The van der Waals surface area contributed by atoms with Crippen molar-refractivity contribution in [1.82, 2.24) is 20.0 Å². The maximum Gasteiger partial charge on any atom is 0.439 e. The second-order valence-electron chi connectivity index (χ2n) is 8.17. The lowest BCUT2D eigenvalue weighted by Gasteiger charge is -2.19. The van der Waals surface area contributed by atoms with E-state index in [4.69, 9.17) is 9.15 Å². The van der Waals surface area contributed by atoms with E-state index in [1.54, 1.807) is 25.4 Å². The van der Waals surface area contributed by atoms with Crippen molar-refractivity contribution in [3.63, 3.8) is 0 Å². The molecule has 4 aromatic rings. The summed E-state index contributed by atoms with van der Waals surface area (Å²) in [7, 11) is 1.64. The van der Waals surface area contributed by atoms with Crippen molar-refractivity contribution in [2.75, 3.05) is 17.9 Å². The number of aryl methyl sites for hydroxylation is 1. The van der Waals surface area contributed by atoms with Crippen LogP contribution in [0.15, 0.2) is 57.9 Å². The van der Waals surface area contributed by atoms with E-state index in [2.05, 4.69) is 46.8 Å². The van der Waals surface area contributed by atoms with E-state index in [0.29, 0.717) is 28.9 Å². The van der Waals surface area contributed by atoms with Crippen LogP contribution in [-0.4, -0.2) is 27.8 Å². The standard InChI is InChI=1S/C24H28N6O3/c1-14(2)26-16(4)17-10-18(12-19(11-17)32-5)27-23-25-13-15(3)22(28-23)29-30-20-8-6-7-9-21(20)33-24(30)31/h6-14,16,26H,1-5H3,(H2,25,27,28,29). The van der Waals surface area contributed by atoms with Crippen LogP contribution >= 0.6 is 0 Å². The molecule has 0 saturated carbocycles. The summed E-state index contributed by atoms with van der Waals surface area (Å²) in [5.74, 6) is 1.08. The number of hydrogen-bond donors (Lipinski definition) is 3. The predicted molar refractivity (Wildman–Crippen MR) is 129 cm³/mol. The summed E-state index contributed by atoms with van der Waals surface area (Å²) in [5, 5.41) is 6.74. The van der Waals surface area contributed by atoms with Gasteiger partial charge in [0.1, 0.15) is 11.3 Å². The molecule has 33 heavy (non-hydrogen) atoms. The minimum Gasteiger partial charge on any atom is -0.497 e. The van der Waals surface area contributed by atoms with Crippen molar-refractivity contribution in [3.05, 3.63) is 70.3 Å². The Hall–Kier alpha value is -3.85. The third-order valence-corrected chi connectivity index (χ3v) is 5.18. The van der Waals surface area contributed by atoms with Gasteiger partial charge in [-0.05, 0) is 43.7 Å². The molecule has 1 unspecified atom stereocenters. The van der Waals surface area contributed by atoms with E-state index in [1.165, 1.54) is 4.68 Å². The normalized spacial score (nSPS) is 12.2. The first kappa shape index (κ1) is 22.3.